The first kappa shape index (κ1) is 20.3. The molecule has 0 saturated heterocycles. The van der Waals surface area contributed by atoms with E-state index in [1.165, 1.54) is 28.0 Å². The van der Waals surface area contributed by atoms with Crippen molar-refractivity contribution in [2.45, 2.75) is 11.1 Å². The summed E-state index contributed by atoms with van der Waals surface area (Å²) in [6.45, 7) is 0. The zero-order valence-corrected chi connectivity index (χ0v) is 19.1. The summed E-state index contributed by atoms with van der Waals surface area (Å²) in [6.07, 6.45) is 0.697. The van der Waals surface area contributed by atoms with Gasteiger partial charge in [-0.3, -0.25) is 0 Å². The van der Waals surface area contributed by atoms with Crippen LogP contribution in [0.4, 0.5) is 4.39 Å². The van der Waals surface area contributed by atoms with Crippen LogP contribution in [0.5, 0.6) is 0 Å². The average Bonchev–Trinajstić information content (AvgIpc) is 2.78. The molecule has 0 amide bonds. The Labute approximate surface area is 184 Å². The van der Waals surface area contributed by atoms with Gasteiger partial charge in [-0.1, -0.05) is 0 Å². The molecular formula is C25H21BrFPS. The van der Waals surface area contributed by atoms with Crippen molar-refractivity contribution in [1.82, 2.24) is 0 Å². The van der Waals surface area contributed by atoms with Crippen molar-refractivity contribution >= 4 is 49.3 Å². The molecule has 146 valence electrons. The molecule has 0 aliphatic carbocycles. The molecule has 0 aliphatic heterocycles. The van der Waals surface area contributed by atoms with Gasteiger partial charge in [0.05, 0.1) is 0 Å². The Bertz CT molecular complexity index is 1020. The van der Waals surface area contributed by atoms with Crippen LogP contribution in [-0.2, 0) is 6.16 Å². The zero-order chi connectivity index (χ0) is 20.3. The maximum absolute atomic E-state index is 13.8. The second-order valence-electron chi connectivity index (χ2n) is 7.12. The minimum absolute atomic E-state index is 0.271. The van der Waals surface area contributed by atoms with E-state index in [1.54, 1.807) is 0 Å². The summed E-state index contributed by atoms with van der Waals surface area (Å²) in [5.41, 5.74) is 1.01. The fraction of sp³-hybridized carbons (Fsp3) is 0.0400. The van der Waals surface area contributed by atoms with Gasteiger partial charge < -0.3 is 0 Å². The normalized spacial score (nSPS) is 12.9. The molecule has 4 heteroatoms. The molecule has 0 atom stereocenters. The molecule has 0 N–H and O–H groups in total. The van der Waals surface area contributed by atoms with Crippen LogP contribution in [-0.4, -0.2) is 0 Å². The van der Waals surface area contributed by atoms with Gasteiger partial charge in [0.25, 0.3) is 0 Å². The van der Waals surface area contributed by atoms with Crippen LogP contribution in [0, 0.1) is 5.82 Å². The van der Waals surface area contributed by atoms with Crippen molar-refractivity contribution in [2.75, 3.05) is 0 Å². The van der Waals surface area contributed by atoms with Crippen LogP contribution in [0.1, 0.15) is 5.56 Å². The third-order valence-electron chi connectivity index (χ3n) is 5.40. The van der Waals surface area contributed by atoms with Gasteiger partial charge in [-0.2, -0.15) is 0 Å². The van der Waals surface area contributed by atoms with E-state index in [9.17, 15) is 4.39 Å². The molecule has 4 aromatic carbocycles. The van der Waals surface area contributed by atoms with Gasteiger partial charge in [0, 0.05) is 0 Å². The summed E-state index contributed by atoms with van der Waals surface area (Å²) in [4.78, 5) is 0.668. The van der Waals surface area contributed by atoms with E-state index < -0.39 is 5.31 Å². The number of halogens is 2. The average molecular weight is 483 g/mol. The van der Waals surface area contributed by atoms with Crippen molar-refractivity contribution in [3.05, 3.63) is 121 Å². The molecule has 0 heterocycles. The predicted octanol–water partition coefficient (Wildman–Crippen LogP) is 6.45. The molecule has 0 unspecified atom stereocenters. The molecule has 29 heavy (non-hydrogen) atoms. The zero-order valence-electron chi connectivity index (χ0n) is 15.7. The number of hydrogen-bond acceptors (Lipinski definition) is 1. The summed E-state index contributed by atoms with van der Waals surface area (Å²) in [5, 5.41) is 0.599. The Kier molecular flexibility index (Phi) is 5.66. The van der Waals surface area contributed by atoms with E-state index in [0.717, 1.165) is 5.56 Å². The fourth-order valence-electron chi connectivity index (χ4n) is 3.93. The topological polar surface area (TPSA) is 0 Å². The standard InChI is InChI=1S/C25H21BrFPS/c26-28(22-10-4-1-5-11-22,23-12-6-2-7-13-23,24-14-8-3-9-15-24)19-20-16-17-21(27)18-25(20)29/h1-18,29H,19H2. The first-order valence-electron chi connectivity index (χ1n) is 9.39. The Morgan fingerprint density at radius 2 is 1.07 bits per heavy atom. The second-order valence-corrected chi connectivity index (χ2v) is 16.5. The number of benzene rings is 4. The summed E-state index contributed by atoms with van der Waals surface area (Å²) < 4.78 is 13.8. The predicted molar refractivity (Wildman–Crippen MR) is 131 cm³/mol. The van der Waals surface area contributed by atoms with E-state index in [2.05, 4.69) is 101 Å². The Balaban J connectivity index is 2.09. The Morgan fingerprint density at radius 1 is 0.655 bits per heavy atom. The van der Waals surface area contributed by atoms with Gasteiger partial charge in [-0.25, -0.2) is 0 Å². The Morgan fingerprint density at radius 3 is 1.45 bits per heavy atom. The first-order chi connectivity index (χ1) is 14.0. The summed E-state index contributed by atoms with van der Waals surface area (Å²) in [5.74, 6) is -0.271. The first-order valence-corrected chi connectivity index (χ1v) is 14.3. The molecule has 4 aromatic rings. The van der Waals surface area contributed by atoms with Crippen LogP contribution >= 0.6 is 33.4 Å². The van der Waals surface area contributed by atoms with E-state index >= 15 is 0 Å². The van der Waals surface area contributed by atoms with Gasteiger partial charge in [0.1, 0.15) is 0 Å². The van der Waals surface area contributed by atoms with E-state index in [1.807, 2.05) is 24.3 Å². The molecule has 0 aromatic heterocycles. The monoisotopic (exact) mass is 482 g/mol. The molecule has 4 rings (SSSR count). The van der Waals surface area contributed by atoms with Gasteiger partial charge >= 0.3 is 185 Å². The van der Waals surface area contributed by atoms with Crippen molar-refractivity contribution in [1.29, 1.82) is 0 Å². The molecule has 0 spiro atoms. The van der Waals surface area contributed by atoms with E-state index in [0.29, 0.717) is 11.1 Å². The molecule has 0 aliphatic rings. The summed E-state index contributed by atoms with van der Waals surface area (Å²) >= 11 is 9.02. The van der Waals surface area contributed by atoms with E-state index in [4.69, 9.17) is 0 Å². The van der Waals surface area contributed by atoms with Crippen LogP contribution < -0.4 is 15.9 Å². The van der Waals surface area contributed by atoms with Crippen LogP contribution in [0.25, 0.3) is 0 Å². The third-order valence-corrected chi connectivity index (χ3v) is 15.3. The molecule has 0 fully saturated rings. The SMILES string of the molecule is Fc1ccc(CP(Br)(c2ccccc2)(c2ccccc2)c2ccccc2)c(S)c1. The fourth-order valence-corrected chi connectivity index (χ4v) is 12.0. The van der Waals surface area contributed by atoms with Crippen molar-refractivity contribution < 1.29 is 4.39 Å². The van der Waals surface area contributed by atoms with Gasteiger partial charge in [-0.15, -0.1) is 0 Å². The van der Waals surface area contributed by atoms with Gasteiger partial charge in [-0.05, 0) is 0 Å². The summed E-state index contributed by atoms with van der Waals surface area (Å²) in [6, 6.07) is 36.6. The number of hydrogen-bond donors (Lipinski definition) is 1. The Hall–Kier alpha value is -1.93. The molecule has 0 nitrogen and oxygen atoms in total. The minimum atomic E-state index is -3.09. The molecule has 0 bridgehead atoms. The quantitative estimate of drug-likeness (QED) is 0.245. The van der Waals surface area contributed by atoms with Crippen LogP contribution in [0.2, 0.25) is 0 Å². The van der Waals surface area contributed by atoms with E-state index in [-0.39, 0.29) is 5.82 Å². The number of rotatable bonds is 5. The van der Waals surface area contributed by atoms with Crippen LogP contribution in [0.3, 0.4) is 0 Å². The second kappa shape index (κ2) is 8.07. The molecular weight excluding hydrogens is 462 g/mol. The van der Waals surface area contributed by atoms with Crippen molar-refractivity contribution in [3.8, 4) is 0 Å². The van der Waals surface area contributed by atoms with Gasteiger partial charge in [0.15, 0.2) is 0 Å². The van der Waals surface area contributed by atoms with Crippen molar-refractivity contribution in [3.63, 3.8) is 0 Å². The molecule has 0 radical (unpaired) electrons. The summed E-state index contributed by atoms with van der Waals surface area (Å²) in [7, 11) is 0. The third kappa shape index (κ3) is 3.57. The van der Waals surface area contributed by atoms with Crippen LogP contribution in [0.15, 0.2) is 114 Å². The number of thiol groups is 1. The van der Waals surface area contributed by atoms with Gasteiger partial charge in [0.2, 0.25) is 0 Å². The maximum atomic E-state index is 13.8. The molecule has 0 saturated carbocycles. The van der Waals surface area contributed by atoms with Crippen molar-refractivity contribution in [2.24, 2.45) is 0 Å².